The number of ketones is 1. The number of carbonyl (C=O) groups is 1. The van der Waals surface area contributed by atoms with Gasteiger partial charge in [-0.15, -0.1) is 10.2 Å². The number of anilines is 1. The Labute approximate surface area is 154 Å². The molecule has 0 atom stereocenters. The van der Waals surface area contributed by atoms with Crippen molar-refractivity contribution in [2.45, 2.75) is 53.4 Å². The first-order valence-corrected chi connectivity index (χ1v) is 9.36. The molecule has 0 spiro atoms. The average Bonchev–Trinajstić information content (AvgIpc) is 3.00. The fourth-order valence-corrected chi connectivity index (χ4v) is 3.10. The molecule has 0 fully saturated rings. The van der Waals surface area contributed by atoms with Gasteiger partial charge in [0.2, 0.25) is 5.65 Å². The van der Waals surface area contributed by atoms with Crippen LogP contribution in [0.1, 0.15) is 50.9 Å². The van der Waals surface area contributed by atoms with Gasteiger partial charge in [0.15, 0.2) is 5.82 Å². The van der Waals surface area contributed by atoms with Crippen molar-refractivity contribution in [3.8, 4) is 0 Å². The summed E-state index contributed by atoms with van der Waals surface area (Å²) >= 11 is 0. The minimum atomic E-state index is 0.142. The molecule has 0 radical (unpaired) electrons. The highest BCUT2D eigenvalue weighted by atomic mass is 16.1. The number of aryl methyl sites for hydroxylation is 2. The SMILES string of the molecule is Cc1ccc2nc(NCCCCCC(=O)C(C)C)c3nnc(C)n3c2c1. The number of unbranched alkanes of at least 4 members (excludes halogenated alkanes) is 2. The molecule has 3 aromatic rings. The largest absolute Gasteiger partial charge is 0.367 e. The molecule has 3 rings (SSSR count). The number of carbonyl (C=O) groups excluding carboxylic acids is 1. The second kappa shape index (κ2) is 7.81. The van der Waals surface area contributed by atoms with Gasteiger partial charge in [-0.25, -0.2) is 4.98 Å². The number of aromatic nitrogens is 4. The summed E-state index contributed by atoms with van der Waals surface area (Å²) in [6.07, 6.45) is 3.65. The maximum absolute atomic E-state index is 11.7. The summed E-state index contributed by atoms with van der Waals surface area (Å²) in [6.45, 7) is 8.76. The van der Waals surface area contributed by atoms with E-state index < -0.39 is 0 Å². The minimum Gasteiger partial charge on any atom is -0.367 e. The molecule has 0 bridgehead atoms. The van der Waals surface area contributed by atoms with E-state index in [1.807, 2.05) is 26.8 Å². The third kappa shape index (κ3) is 3.84. The zero-order valence-electron chi connectivity index (χ0n) is 16.0. The van der Waals surface area contributed by atoms with Crippen molar-refractivity contribution in [3.63, 3.8) is 0 Å². The Morgan fingerprint density at radius 1 is 1.15 bits per heavy atom. The highest BCUT2D eigenvalue weighted by Gasteiger charge is 2.13. The zero-order valence-corrected chi connectivity index (χ0v) is 16.0. The number of Topliss-reactive ketones (excluding diaryl/α,β-unsaturated/α-hetero) is 1. The molecule has 6 nitrogen and oxygen atoms in total. The number of fused-ring (bicyclic) bond motifs is 3. The van der Waals surface area contributed by atoms with E-state index >= 15 is 0 Å². The molecule has 1 aromatic carbocycles. The molecule has 0 saturated carbocycles. The molecule has 1 N–H and O–H groups in total. The highest BCUT2D eigenvalue weighted by Crippen LogP contribution is 2.22. The fraction of sp³-hybridized carbons (Fsp3) is 0.500. The lowest BCUT2D eigenvalue weighted by molar-refractivity contribution is -0.122. The third-order valence-electron chi connectivity index (χ3n) is 4.68. The Kier molecular flexibility index (Phi) is 5.49. The molecule has 26 heavy (non-hydrogen) atoms. The van der Waals surface area contributed by atoms with Gasteiger partial charge in [0.1, 0.15) is 11.6 Å². The van der Waals surface area contributed by atoms with Crippen LogP contribution in [-0.4, -0.2) is 31.9 Å². The zero-order chi connectivity index (χ0) is 18.7. The normalized spacial score (nSPS) is 11.6. The molecular weight excluding hydrogens is 326 g/mol. The van der Waals surface area contributed by atoms with Crippen LogP contribution in [0.15, 0.2) is 18.2 Å². The summed E-state index contributed by atoms with van der Waals surface area (Å²) in [4.78, 5) is 16.4. The van der Waals surface area contributed by atoms with Gasteiger partial charge in [-0.3, -0.25) is 9.20 Å². The topological polar surface area (TPSA) is 72.2 Å². The first kappa shape index (κ1) is 18.3. The van der Waals surface area contributed by atoms with Crippen molar-refractivity contribution in [3.05, 3.63) is 29.6 Å². The van der Waals surface area contributed by atoms with Gasteiger partial charge in [-0.05, 0) is 44.4 Å². The van der Waals surface area contributed by atoms with Crippen LogP contribution in [0.2, 0.25) is 0 Å². The summed E-state index contributed by atoms with van der Waals surface area (Å²) in [7, 11) is 0. The van der Waals surface area contributed by atoms with E-state index in [1.54, 1.807) is 0 Å². The van der Waals surface area contributed by atoms with Crippen molar-refractivity contribution >= 4 is 28.3 Å². The molecule has 2 heterocycles. The van der Waals surface area contributed by atoms with Gasteiger partial charge in [-0.1, -0.05) is 26.3 Å². The van der Waals surface area contributed by atoms with Crippen molar-refractivity contribution in [2.75, 3.05) is 11.9 Å². The molecule has 0 aliphatic heterocycles. The third-order valence-corrected chi connectivity index (χ3v) is 4.68. The molecule has 6 heteroatoms. The molecule has 138 valence electrons. The Morgan fingerprint density at radius 2 is 1.96 bits per heavy atom. The molecule has 0 unspecified atom stereocenters. The van der Waals surface area contributed by atoms with Gasteiger partial charge in [0, 0.05) is 18.9 Å². The first-order valence-electron chi connectivity index (χ1n) is 9.36. The minimum absolute atomic E-state index is 0.142. The smallest absolute Gasteiger partial charge is 0.204 e. The van der Waals surface area contributed by atoms with Crippen LogP contribution in [0.3, 0.4) is 0 Å². The average molecular weight is 353 g/mol. The summed E-state index contributed by atoms with van der Waals surface area (Å²) in [5.41, 5.74) is 3.90. The van der Waals surface area contributed by atoms with Gasteiger partial charge in [0.25, 0.3) is 0 Å². The maximum Gasteiger partial charge on any atom is 0.204 e. The lowest BCUT2D eigenvalue weighted by atomic mass is 10.0. The fourth-order valence-electron chi connectivity index (χ4n) is 3.10. The number of hydrogen-bond donors (Lipinski definition) is 1. The van der Waals surface area contributed by atoms with Gasteiger partial charge in [0.05, 0.1) is 11.0 Å². The molecule has 0 aliphatic rings. The number of nitrogens with one attached hydrogen (secondary N) is 1. The number of nitrogens with zero attached hydrogens (tertiary/aromatic N) is 4. The Balaban J connectivity index is 1.68. The molecular formula is C20H27N5O. The maximum atomic E-state index is 11.7. The Bertz CT molecular complexity index is 929. The molecule has 0 amide bonds. The van der Waals surface area contributed by atoms with E-state index in [1.165, 1.54) is 5.56 Å². The lowest BCUT2D eigenvalue weighted by Crippen LogP contribution is -2.08. The molecule has 0 aliphatic carbocycles. The summed E-state index contributed by atoms with van der Waals surface area (Å²) in [5, 5.41) is 11.9. The first-order chi connectivity index (χ1) is 12.5. The van der Waals surface area contributed by atoms with Crippen molar-refractivity contribution in [1.82, 2.24) is 19.6 Å². The number of hydrogen-bond acceptors (Lipinski definition) is 5. The Morgan fingerprint density at radius 3 is 2.73 bits per heavy atom. The van der Waals surface area contributed by atoms with E-state index in [9.17, 15) is 4.79 Å². The van der Waals surface area contributed by atoms with Crippen LogP contribution in [0.4, 0.5) is 5.82 Å². The van der Waals surface area contributed by atoms with E-state index in [2.05, 4.69) is 39.0 Å². The number of benzene rings is 1. The summed E-state index contributed by atoms with van der Waals surface area (Å²) in [5.74, 6) is 2.11. The monoisotopic (exact) mass is 353 g/mol. The number of rotatable bonds is 8. The highest BCUT2D eigenvalue weighted by molar-refractivity contribution is 5.83. The van der Waals surface area contributed by atoms with Crippen LogP contribution in [0, 0.1) is 19.8 Å². The standard InChI is InChI=1S/C20H27N5O/c1-13(2)18(26)8-6-5-7-11-21-19-20-24-23-15(4)25(20)17-12-14(3)9-10-16(17)22-19/h9-10,12-13H,5-8,11H2,1-4H3,(H,21,22). The summed E-state index contributed by atoms with van der Waals surface area (Å²) in [6, 6.07) is 6.21. The van der Waals surface area contributed by atoms with Crippen molar-refractivity contribution in [2.24, 2.45) is 5.92 Å². The van der Waals surface area contributed by atoms with Crippen LogP contribution < -0.4 is 5.32 Å². The lowest BCUT2D eigenvalue weighted by Gasteiger charge is -2.10. The van der Waals surface area contributed by atoms with Gasteiger partial charge >= 0.3 is 0 Å². The van der Waals surface area contributed by atoms with Crippen molar-refractivity contribution in [1.29, 1.82) is 0 Å². The van der Waals surface area contributed by atoms with Crippen LogP contribution >= 0.6 is 0 Å². The molecule has 0 saturated heterocycles. The Hall–Kier alpha value is -2.50. The van der Waals surface area contributed by atoms with E-state index in [-0.39, 0.29) is 5.92 Å². The van der Waals surface area contributed by atoms with Gasteiger partial charge < -0.3 is 5.32 Å². The quantitative estimate of drug-likeness (QED) is 0.618. The van der Waals surface area contributed by atoms with E-state index in [0.29, 0.717) is 12.2 Å². The van der Waals surface area contributed by atoms with Crippen LogP contribution in [0.5, 0.6) is 0 Å². The predicted molar refractivity (Wildman–Crippen MR) is 105 cm³/mol. The van der Waals surface area contributed by atoms with Crippen LogP contribution in [-0.2, 0) is 4.79 Å². The summed E-state index contributed by atoms with van der Waals surface area (Å²) < 4.78 is 2.05. The van der Waals surface area contributed by atoms with E-state index in [4.69, 9.17) is 4.98 Å². The molecule has 2 aromatic heterocycles. The van der Waals surface area contributed by atoms with E-state index in [0.717, 1.165) is 54.1 Å². The van der Waals surface area contributed by atoms with Crippen molar-refractivity contribution < 1.29 is 4.79 Å². The predicted octanol–water partition coefficient (Wildman–Crippen LogP) is 4.09. The second-order valence-electron chi connectivity index (χ2n) is 7.22. The van der Waals surface area contributed by atoms with Crippen LogP contribution in [0.25, 0.3) is 16.7 Å². The van der Waals surface area contributed by atoms with Gasteiger partial charge in [-0.2, -0.15) is 0 Å². The second-order valence-corrected chi connectivity index (χ2v) is 7.22.